The van der Waals surface area contributed by atoms with Gasteiger partial charge in [-0.25, -0.2) is 4.79 Å². The van der Waals surface area contributed by atoms with Gasteiger partial charge >= 0.3 is 11.9 Å². The van der Waals surface area contributed by atoms with E-state index >= 15 is 0 Å². The number of likely N-dealkylation sites (N-methyl/N-ethyl adjacent to an activating group) is 1. The third kappa shape index (κ3) is 5.62. The molecule has 0 aromatic rings. The molecule has 0 spiro atoms. The molecule has 40 heavy (non-hydrogen) atoms. The van der Waals surface area contributed by atoms with Gasteiger partial charge in [-0.2, -0.15) is 0 Å². The second kappa shape index (κ2) is 11.5. The third-order valence-corrected chi connectivity index (χ3v) is 17.1. The Morgan fingerprint density at radius 3 is 2.40 bits per heavy atom. The van der Waals surface area contributed by atoms with Crippen LogP contribution in [0.4, 0.5) is 0 Å². The van der Waals surface area contributed by atoms with Crippen LogP contribution in [-0.4, -0.2) is 50.4 Å². The minimum absolute atomic E-state index is 0.169. The molecule has 0 aliphatic heterocycles. The van der Waals surface area contributed by atoms with E-state index < -0.39 is 20.2 Å². The smallest absolute Gasteiger partial charge is 0.397 e. The van der Waals surface area contributed by atoms with Crippen molar-refractivity contribution < 1.29 is 18.8 Å². The van der Waals surface area contributed by atoms with Crippen molar-refractivity contribution in [3.63, 3.8) is 0 Å². The number of hydrogen-bond donors (Lipinski definition) is 0. The van der Waals surface area contributed by atoms with Crippen LogP contribution in [0.2, 0.25) is 18.1 Å². The van der Waals surface area contributed by atoms with Crippen molar-refractivity contribution >= 4 is 20.2 Å². The summed E-state index contributed by atoms with van der Waals surface area (Å²) >= 11 is 0. The Hall–Kier alpha value is -1.14. The summed E-state index contributed by atoms with van der Waals surface area (Å²) < 4.78 is 12.8. The molecule has 228 valence electrons. The van der Waals surface area contributed by atoms with Gasteiger partial charge in [0.05, 0.1) is 0 Å². The molecule has 0 N–H and O–H groups in total. The van der Waals surface area contributed by atoms with E-state index in [1.54, 1.807) is 10.5 Å². The zero-order chi connectivity index (χ0) is 29.7. The fourth-order valence-corrected chi connectivity index (χ4v) is 10.6. The fraction of sp³-hybridized carbons (Fsp3) is 0.882. The third-order valence-electron chi connectivity index (χ3n) is 12.6. The largest absolute Gasteiger partial charge is 0.455 e. The van der Waals surface area contributed by atoms with Crippen LogP contribution in [0, 0.1) is 34.5 Å². The summed E-state index contributed by atoms with van der Waals surface area (Å²) in [4.78, 5) is 27.1. The Bertz CT molecular complexity index is 985. The van der Waals surface area contributed by atoms with Crippen LogP contribution in [0.25, 0.3) is 0 Å². The highest BCUT2D eigenvalue weighted by Crippen LogP contribution is 2.67. The van der Waals surface area contributed by atoms with E-state index in [0.29, 0.717) is 42.4 Å². The van der Waals surface area contributed by atoms with E-state index in [0.717, 1.165) is 25.2 Å². The van der Waals surface area contributed by atoms with Crippen molar-refractivity contribution in [1.29, 1.82) is 0 Å². The van der Waals surface area contributed by atoms with Gasteiger partial charge in [0.1, 0.15) is 6.10 Å². The molecule has 3 saturated carbocycles. The molecular formula is C34H59NO4Si. The Labute approximate surface area is 246 Å². The number of nitrogens with zero attached hydrogens (tertiary/aromatic N) is 1. The van der Waals surface area contributed by atoms with Crippen LogP contribution < -0.4 is 0 Å². The van der Waals surface area contributed by atoms with Gasteiger partial charge in [0, 0.05) is 25.1 Å². The molecule has 6 heteroatoms. The molecule has 4 rings (SSSR count). The molecule has 1 amide bonds. The monoisotopic (exact) mass is 573 g/mol. The molecule has 0 aromatic heterocycles. The lowest BCUT2D eigenvalue weighted by atomic mass is 9.47. The molecule has 8 atom stereocenters. The zero-order valence-electron chi connectivity index (χ0n) is 27.4. The normalized spacial score (nSPS) is 36.5. The predicted octanol–water partition coefficient (Wildman–Crippen LogP) is 8.15. The first kappa shape index (κ1) is 31.8. The lowest BCUT2D eigenvalue weighted by Gasteiger charge is -2.58. The molecule has 0 saturated heterocycles. The average molecular weight is 574 g/mol. The second-order valence-electron chi connectivity index (χ2n) is 15.7. The number of allylic oxidation sites excluding steroid dienone is 1. The quantitative estimate of drug-likeness (QED) is 0.133. The van der Waals surface area contributed by atoms with Crippen molar-refractivity contribution in [1.82, 2.24) is 4.90 Å². The highest BCUT2D eigenvalue weighted by atomic mass is 28.4. The average Bonchev–Trinajstić information content (AvgIpc) is 3.23. The summed E-state index contributed by atoms with van der Waals surface area (Å²) in [6.45, 7) is 24.0. The van der Waals surface area contributed by atoms with Crippen molar-refractivity contribution in [2.24, 2.45) is 34.5 Å². The van der Waals surface area contributed by atoms with E-state index in [2.05, 4.69) is 53.8 Å². The molecule has 0 unspecified atom stereocenters. The Morgan fingerprint density at radius 2 is 1.77 bits per heavy atom. The maximum absolute atomic E-state index is 12.8. The van der Waals surface area contributed by atoms with Crippen LogP contribution in [0.1, 0.15) is 113 Å². The fourth-order valence-electron chi connectivity index (χ4n) is 9.24. The van der Waals surface area contributed by atoms with E-state index in [-0.39, 0.29) is 16.6 Å². The van der Waals surface area contributed by atoms with E-state index in [1.807, 2.05) is 20.8 Å². The van der Waals surface area contributed by atoms with Crippen molar-refractivity contribution in [2.45, 2.75) is 144 Å². The molecule has 4 aliphatic carbocycles. The van der Waals surface area contributed by atoms with Gasteiger partial charge in [-0.1, -0.05) is 53.2 Å². The van der Waals surface area contributed by atoms with Crippen molar-refractivity contribution in [2.75, 3.05) is 13.1 Å². The van der Waals surface area contributed by atoms with Crippen LogP contribution in [0.5, 0.6) is 0 Å². The Balaban J connectivity index is 1.44. The molecule has 3 fully saturated rings. The lowest BCUT2D eigenvalue weighted by Crippen LogP contribution is -2.52. The Morgan fingerprint density at radius 1 is 1.07 bits per heavy atom. The van der Waals surface area contributed by atoms with Crippen LogP contribution in [0.3, 0.4) is 0 Å². The summed E-state index contributed by atoms with van der Waals surface area (Å²) in [5.41, 5.74) is 2.14. The predicted molar refractivity (Wildman–Crippen MR) is 165 cm³/mol. The molecular weight excluding hydrogens is 514 g/mol. The molecule has 4 aliphatic rings. The summed E-state index contributed by atoms with van der Waals surface area (Å²) in [5.74, 6) is 1.29. The molecule has 5 nitrogen and oxygen atoms in total. The minimum atomic E-state index is -1.77. The van der Waals surface area contributed by atoms with Gasteiger partial charge in [-0.15, -0.1) is 0 Å². The molecule has 0 heterocycles. The number of rotatable bonds is 7. The van der Waals surface area contributed by atoms with Crippen molar-refractivity contribution in [3.05, 3.63) is 11.6 Å². The zero-order valence-corrected chi connectivity index (χ0v) is 28.4. The topological polar surface area (TPSA) is 55.8 Å². The van der Waals surface area contributed by atoms with Crippen molar-refractivity contribution in [3.8, 4) is 0 Å². The minimum Gasteiger partial charge on any atom is -0.455 e. The van der Waals surface area contributed by atoms with Crippen LogP contribution in [-0.2, 0) is 18.8 Å². The number of hydrogen-bond acceptors (Lipinski definition) is 4. The second-order valence-corrected chi connectivity index (χ2v) is 20.5. The number of carbonyl (C=O) groups is 2. The maximum Gasteiger partial charge on any atom is 0.397 e. The number of ether oxygens (including phenoxy) is 1. The Kier molecular flexibility index (Phi) is 9.14. The van der Waals surface area contributed by atoms with Crippen LogP contribution >= 0.6 is 0 Å². The van der Waals surface area contributed by atoms with E-state index in [4.69, 9.17) is 9.16 Å². The number of fused-ring (bicyclic) bond motifs is 5. The number of carbonyl (C=O) groups excluding carboxylic acids is 2. The summed E-state index contributed by atoms with van der Waals surface area (Å²) in [6.07, 6.45) is 13.1. The molecule has 0 radical (unpaired) electrons. The lowest BCUT2D eigenvalue weighted by molar-refractivity contribution is -0.167. The first-order valence-electron chi connectivity index (χ1n) is 16.5. The standard InChI is InChI=1S/C34H59NO4Si/c1-11-21-35(12-2)30(36)31(37)38-23(3)27-15-16-28-26-14-13-24-22-25(39-40(9,10)32(4,5)6)17-19-33(24,7)29(26)18-20-34(27,28)8/h13,23,25-29H,11-12,14-22H2,1-10H3/t23-,25-,26-,27+,28-,29-,33-,34+/m0/s1. The highest BCUT2D eigenvalue weighted by molar-refractivity contribution is 6.74. The van der Waals surface area contributed by atoms with E-state index in [1.165, 1.54) is 38.5 Å². The maximum atomic E-state index is 12.8. The summed E-state index contributed by atoms with van der Waals surface area (Å²) in [5, 5.41) is 0.246. The van der Waals surface area contributed by atoms with Gasteiger partial charge in [-0.05, 0) is 118 Å². The summed E-state index contributed by atoms with van der Waals surface area (Å²) in [7, 11) is -1.77. The van der Waals surface area contributed by atoms with Gasteiger partial charge in [0.2, 0.25) is 0 Å². The number of esters is 1. The first-order valence-corrected chi connectivity index (χ1v) is 19.4. The molecule has 0 aromatic carbocycles. The SMILES string of the molecule is CCCN(CC)C(=O)C(=O)O[C@@H](C)[C@H]1CC[C@H]2[C@@H]3CC=C4C[C@@H](O[Si](C)(C)C(C)(C)C)CC[C@]4(C)[C@H]3CC[C@]12C. The first-order chi connectivity index (χ1) is 18.6. The van der Waals surface area contributed by atoms with E-state index in [9.17, 15) is 9.59 Å². The molecule has 0 bridgehead atoms. The van der Waals surface area contributed by atoms with Gasteiger partial charge in [0.15, 0.2) is 8.32 Å². The number of amides is 1. The van der Waals surface area contributed by atoms with Gasteiger partial charge in [-0.3, -0.25) is 4.79 Å². The summed E-state index contributed by atoms with van der Waals surface area (Å²) in [6, 6.07) is 0. The van der Waals surface area contributed by atoms with Crippen LogP contribution in [0.15, 0.2) is 11.6 Å². The van der Waals surface area contributed by atoms with Gasteiger partial charge in [0.25, 0.3) is 0 Å². The highest BCUT2D eigenvalue weighted by Gasteiger charge is 2.60. The van der Waals surface area contributed by atoms with Gasteiger partial charge < -0.3 is 14.1 Å².